The van der Waals surface area contributed by atoms with Crippen LogP contribution in [0.2, 0.25) is 0 Å². The second kappa shape index (κ2) is 2.67. The van der Waals surface area contributed by atoms with Crippen LogP contribution in [-0.4, -0.2) is 30.9 Å². The molecule has 0 radical (unpaired) electrons. The fourth-order valence-electron chi connectivity index (χ4n) is 1.10. The van der Waals surface area contributed by atoms with Gasteiger partial charge in [0.25, 0.3) is 0 Å². The molecule has 0 atom stereocenters. The van der Waals surface area contributed by atoms with E-state index in [0.29, 0.717) is 0 Å². The zero-order chi connectivity index (χ0) is 6.86. The van der Waals surface area contributed by atoms with Gasteiger partial charge in [-0.1, -0.05) is 11.8 Å². The molecule has 0 aromatic rings. The van der Waals surface area contributed by atoms with Crippen molar-refractivity contribution in [1.29, 1.82) is 0 Å². The Labute approximate surface area is 64.1 Å². The largest absolute Gasteiger partial charge is 0.338 e. The molecule has 3 N–H and O–H groups in total. The van der Waals surface area contributed by atoms with E-state index in [2.05, 4.69) is 16.0 Å². The predicted octanol–water partition coefficient (Wildman–Crippen LogP) is -0.942. The van der Waals surface area contributed by atoms with Crippen LogP contribution in [0.1, 0.15) is 0 Å². The van der Waals surface area contributed by atoms with Crippen molar-refractivity contribution in [2.75, 3.05) is 25.7 Å². The van der Waals surface area contributed by atoms with Crippen LogP contribution in [0, 0.1) is 0 Å². The SMILES string of the molecule is C1NCNC2(N1)OCCS2. The molecular formula is C5H11N3OS. The first kappa shape index (κ1) is 6.87. The van der Waals surface area contributed by atoms with Crippen molar-refractivity contribution in [3.63, 3.8) is 0 Å². The molecule has 2 rings (SSSR count). The fraction of sp³-hybridized carbons (Fsp3) is 1.00. The van der Waals surface area contributed by atoms with Crippen LogP contribution in [0.15, 0.2) is 0 Å². The molecule has 0 aliphatic carbocycles. The fourth-order valence-corrected chi connectivity index (χ4v) is 2.07. The van der Waals surface area contributed by atoms with Gasteiger partial charge in [-0.05, 0) is 0 Å². The molecule has 2 aliphatic rings. The molecule has 0 unspecified atom stereocenters. The second-order valence-electron chi connectivity index (χ2n) is 2.27. The molecule has 0 aromatic carbocycles. The van der Waals surface area contributed by atoms with Gasteiger partial charge in [-0.3, -0.25) is 16.0 Å². The first-order valence-corrected chi connectivity index (χ1v) is 4.39. The second-order valence-corrected chi connectivity index (χ2v) is 3.54. The third-order valence-corrected chi connectivity index (χ3v) is 2.77. The summed E-state index contributed by atoms with van der Waals surface area (Å²) in [5, 5.41) is 9.27. The number of hydrogen-bond donors (Lipinski definition) is 3. The molecule has 0 aromatic heterocycles. The summed E-state index contributed by atoms with van der Waals surface area (Å²) in [6.07, 6.45) is 0. The van der Waals surface area contributed by atoms with E-state index in [1.807, 2.05) is 0 Å². The lowest BCUT2D eigenvalue weighted by Gasteiger charge is -2.33. The lowest BCUT2D eigenvalue weighted by molar-refractivity contribution is -0.0168. The van der Waals surface area contributed by atoms with E-state index in [1.54, 1.807) is 11.8 Å². The van der Waals surface area contributed by atoms with Gasteiger partial charge >= 0.3 is 0 Å². The van der Waals surface area contributed by atoms with Crippen LogP contribution in [0.3, 0.4) is 0 Å². The Hall–Kier alpha value is 0.190. The van der Waals surface area contributed by atoms with E-state index < -0.39 is 0 Å². The molecule has 10 heavy (non-hydrogen) atoms. The van der Waals surface area contributed by atoms with Crippen molar-refractivity contribution in [2.45, 2.75) is 5.18 Å². The highest BCUT2D eigenvalue weighted by Gasteiger charge is 2.36. The van der Waals surface area contributed by atoms with Gasteiger partial charge in [-0.25, -0.2) is 0 Å². The maximum absolute atomic E-state index is 5.48. The monoisotopic (exact) mass is 161 g/mol. The quantitative estimate of drug-likeness (QED) is 0.428. The van der Waals surface area contributed by atoms with Crippen molar-refractivity contribution in [3.05, 3.63) is 0 Å². The molecule has 2 saturated heterocycles. The third-order valence-electron chi connectivity index (χ3n) is 1.59. The van der Waals surface area contributed by atoms with E-state index in [9.17, 15) is 0 Å². The number of thioether (sulfide) groups is 1. The van der Waals surface area contributed by atoms with Gasteiger partial charge < -0.3 is 4.74 Å². The van der Waals surface area contributed by atoms with Crippen molar-refractivity contribution in [2.24, 2.45) is 0 Å². The molecule has 2 fully saturated rings. The average Bonchev–Trinajstić information content (AvgIpc) is 2.39. The summed E-state index contributed by atoms with van der Waals surface area (Å²) in [6.45, 7) is 2.48. The molecule has 2 aliphatic heterocycles. The van der Waals surface area contributed by atoms with Gasteiger partial charge in [-0.15, -0.1) is 0 Å². The Bertz CT molecular complexity index is 118. The van der Waals surface area contributed by atoms with Gasteiger partial charge in [-0.2, -0.15) is 0 Å². The minimum absolute atomic E-state index is 0.273. The standard InChI is InChI=1S/C5H11N3OS/c1-2-10-5(9-1)7-3-6-4-8-5/h6-8H,1-4H2. The Morgan fingerprint density at radius 1 is 1.30 bits per heavy atom. The van der Waals surface area contributed by atoms with E-state index in [0.717, 1.165) is 25.7 Å². The van der Waals surface area contributed by atoms with Crippen molar-refractivity contribution in [3.8, 4) is 0 Å². The summed E-state index contributed by atoms with van der Waals surface area (Å²) in [5.41, 5.74) is 0. The molecule has 4 nitrogen and oxygen atoms in total. The van der Waals surface area contributed by atoms with E-state index in [-0.39, 0.29) is 5.18 Å². The molecule has 58 valence electrons. The Balaban J connectivity index is 1.98. The summed E-state index contributed by atoms with van der Waals surface area (Å²) < 4.78 is 5.48. The summed E-state index contributed by atoms with van der Waals surface area (Å²) in [7, 11) is 0. The van der Waals surface area contributed by atoms with Gasteiger partial charge in [0, 0.05) is 5.75 Å². The van der Waals surface area contributed by atoms with Crippen molar-refractivity contribution in [1.82, 2.24) is 16.0 Å². The molecule has 0 amide bonds. The summed E-state index contributed by atoms with van der Waals surface area (Å²) in [5.74, 6) is 1.07. The highest BCUT2D eigenvalue weighted by molar-refractivity contribution is 8.00. The van der Waals surface area contributed by atoms with Crippen LogP contribution < -0.4 is 16.0 Å². The topological polar surface area (TPSA) is 45.3 Å². The average molecular weight is 161 g/mol. The zero-order valence-electron chi connectivity index (χ0n) is 5.64. The lowest BCUT2D eigenvalue weighted by atomic mass is 10.7. The third kappa shape index (κ3) is 1.15. The van der Waals surface area contributed by atoms with E-state index in [1.165, 1.54) is 0 Å². The minimum Gasteiger partial charge on any atom is -0.338 e. The Morgan fingerprint density at radius 3 is 2.70 bits per heavy atom. The highest BCUT2D eigenvalue weighted by Crippen LogP contribution is 2.27. The van der Waals surface area contributed by atoms with Crippen LogP contribution in [-0.2, 0) is 4.74 Å². The Morgan fingerprint density at radius 2 is 2.10 bits per heavy atom. The molecule has 5 heteroatoms. The number of rotatable bonds is 0. The highest BCUT2D eigenvalue weighted by atomic mass is 32.2. The minimum atomic E-state index is -0.273. The molecular weight excluding hydrogens is 150 g/mol. The molecule has 0 bridgehead atoms. The normalized spacial score (nSPS) is 31.2. The van der Waals surface area contributed by atoms with Crippen LogP contribution >= 0.6 is 11.8 Å². The smallest absolute Gasteiger partial charge is 0.227 e. The summed E-state index contributed by atoms with van der Waals surface area (Å²) >= 11 is 1.78. The number of hydrogen-bond acceptors (Lipinski definition) is 5. The van der Waals surface area contributed by atoms with Gasteiger partial charge in [0.15, 0.2) is 0 Å². The summed E-state index contributed by atoms with van der Waals surface area (Å²) in [4.78, 5) is 0. The maximum atomic E-state index is 5.48. The van der Waals surface area contributed by atoms with E-state index >= 15 is 0 Å². The Kier molecular flexibility index (Phi) is 1.84. The van der Waals surface area contributed by atoms with E-state index in [4.69, 9.17) is 4.74 Å². The zero-order valence-corrected chi connectivity index (χ0v) is 6.46. The summed E-state index contributed by atoms with van der Waals surface area (Å²) in [6, 6.07) is 0. The first-order valence-electron chi connectivity index (χ1n) is 3.40. The van der Waals surface area contributed by atoms with Crippen LogP contribution in [0.4, 0.5) is 0 Å². The van der Waals surface area contributed by atoms with Crippen molar-refractivity contribution < 1.29 is 4.74 Å². The van der Waals surface area contributed by atoms with Crippen molar-refractivity contribution >= 4 is 11.8 Å². The molecule has 1 spiro atoms. The lowest BCUT2D eigenvalue weighted by Crippen LogP contribution is -2.63. The number of nitrogens with one attached hydrogen (secondary N) is 3. The van der Waals surface area contributed by atoms with Gasteiger partial charge in [0.1, 0.15) is 0 Å². The van der Waals surface area contributed by atoms with Crippen LogP contribution in [0.25, 0.3) is 0 Å². The molecule has 0 saturated carbocycles. The maximum Gasteiger partial charge on any atom is 0.227 e. The molecule has 2 heterocycles. The predicted molar refractivity (Wildman–Crippen MR) is 40.3 cm³/mol. The first-order chi connectivity index (χ1) is 4.91. The number of ether oxygens (including phenoxy) is 1. The van der Waals surface area contributed by atoms with Gasteiger partial charge in [0.2, 0.25) is 5.18 Å². The van der Waals surface area contributed by atoms with Gasteiger partial charge in [0.05, 0.1) is 19.9 Å². The van der Waals surface area contributed by atoms with Crippen LogP contribution in [0.5, 0.6) is 0 Å².